The highest BCUT2D eigenvalue weighted by Crippen LogP contribution is 2.31. The Morgan fingerprint density at radius 2 is 1.94 bits per heavy atom. The molecular formula is C28H28N4O4. The van der Waals surface area contributed by atoms with Crippen molar-refractivity contribution < 1.29 is 19.1 Å². The molecule has 184 valence electrons. The van der Waals surface area contributed by atoms with Crippen LogP contribution < -0.4 is 10.1 Å². The number of likely N-dealkylation sites (tertiary alicyclic amines) is 1. The molecule has 2 fully saturated rings. The predicted molar refractivity (Wildman–Crippen MR) is 133 cm³/mol. The number of imide groups is 1. The Morgan fingerprint density at radius 1 is 1.06 bits per heavy atom. The Hall–Kier alpha value is -3.78. The summed E-state index contributed by atoms with van der Waals surface area (Å²) in [4.78, 5) is 45.2. The number of aryl methyl sites for hydroxylation is 1. The van der Waals surface area contributed by atoms with E-state index in [-0.39, 0.29) is 24.3 Å². The average molecular weight is 485 g/mol. The van der Waals surface area contributed by atoms with Gasteiger partial charge in [-0.15, -0.1) is 0 Å². The molecule has 1 aromatic heterocycles. The van der Waals surface area contributed by atoms with Crippen LogP contribution in [0.1, 0.15) is 46.4 Å². The lowest BCUT2D eigenvalue weighted by atomic mass is 10.0. The van der Waals surface area contributed by atoms with Crippen LogP contribution in [0.4, 0.5) is 0 Å². The Bertz CT molecular complexity index is 1390. The molecule has 0 spiro atoms. The summed E-state index contributed by atoms with van der Waals surface area (Å²) < 4.78 is 6.30. The molecule has 3 aromatic rings. The van der Waals surface area contributed by atoms with Gasteiger partial charge < -0.3 is 9.64 Å². The first kappa shape index (κ1) is 22.7. The van der Waals surface area contributed by atoms with Gasteiger partial charge in [0.25, 0.3) is 5.91 Å². The van der Waals surface area contributed by atoms with Crippen molar-refractivity contribution in [2.24, 2.45) is 0 Å². The monoisotopic (exact) mass is 484 g/mol. The first-order valence-electron chi connectivity index (χ1n) is 12.5. The zero-order valence-electron chi connectivity index (χ0n) is 20.2. The lowest BCUT2D eigenvalue weighted by Crippen LogP contribution is -2.52. The number of hydrogen-bond acceptors (Lipinski definition) is 6. The van der Waals surface area contributed by atoms with Crippen LogP contribution in [0.2, 0.25) is 0 Å². The number of nitrogens with one attached hydrogen (secondary N) is 1. The first-order valence-corrected chi connectivity index (χ1v) is 12.5. The number of fused-ring (bicyclic) bond motifs is 2. The fourth-order valence-corrected chi connectivity index (χ4v) is 5.49. The van der Waals surface area contributed by atoms with Crippen LogP contribution in [0.25, 0.3) is 10.9 Å². The number of rotatable bonds is 5. The number of aromatic nitrogens is 1. The first-order chi connectivity index (χ1) is 17.4. The van der Waals surface area contributed by atoms with Gasteiger partial charge in [-0.2, -0.15) is 0 Å². The standard InChI is InChI=1S/C28H28N4O4/c1-17-2-4-19-12-18(3-7-24(19)29-17)14-31-11-10-22(16-31)36-21-5-6-23-20(13-21)15-32(28(23)35)25-8-9-26(33)30-27(25)34/h2-7,12-13,22,25H,8-11,14-16H2,1H3,(H,30,33,34). The SMILES string of the molecule is Cc1ccc2cc(CN3CCC(Oc4ccc5c(c4)CN(C4CCC(=O)NC4=O)C5=O)C3)ccc2n1. The number of ether oxygens (including phenoxy) is 1. The summed E-state index contributed by atoms with van der Waals surface area (Å²) in [5.41, 5.74) is 4.76. The summed E-state index contributed by atoms with van der Waals surface area (Å²) >= 11 is 0. The van der Waals surface area contributed by atoms with E-state index < -0.39 is 11.9 Å². The molecule has 36 heavy (non-hydrogen) atoms. The van der Waals surface area contributed by atoms with Crippen molar-refractivity contribution in [2.45, 2.75) is 51.4 Å². The molecule has 2 saturated heterocycles. The Kier molecular flexibility index (Phi) is 5.68. The van der Waals surface area contributed by atoms with E-state index in [1.54, 1.807) is 11.0 Å². The van der Waals surface area contributed by atoms with Gasteiger partial charge in [0.2, 0.25) is 11.8 Å². The van der Waals surface area contributed by atoms with E-state index in [0.29, 0.717) is 18.5 Å². The number of benzene rings is 2. The quantitative estimate of drug-likeness (QED) is 0.560. The molecule has 2 unspecified atom stereocenters. The molecule has 3 aliphatic heterocycles. The molecule has 0 bridgehead atoms. The topological polar surface area (TPSA) is 91.8 Å². The third-order valence-corrected chi connectivity index (χ3v) is 7.33. The normalized spacial score (nSPS) is 22.2. The molecular weight excluding hydrogens is 456 g/mol. The van der Waals surface area contributed by atoms with Gasteiger partial charge in [0.15, 0.2) is 0 Å². The van der Waals surface area contributed by atoms with Crippen LogP contribution in [0.5, 0.6) is 5.75 Å². The van der Waals surface area contributed by atoms with E-state index in [0.717, 1.165) is 54.0 Å². The van der Waals surface area contributed by atoms with Crippen molar-refractivity contribution in [2.75, 3.05) is 13.1 Å². The van der Waals surface area contributed by atoms with E-state index in [2.05, 4.69) is 39.5 Å². The van der Waals surface area contributed by atoms with E-state index in [1.807, 2.05) is 25.1 Å². The molecule has 2 aromatic carbocycles. The summed E-state index contributed by atoms with van der Waals surface area (Å²) in [7, 11) is 0. The summed E-state index contributed by atoms with van der Waals surface area (Å²) in [5.74, 6) is -0.105. The third-order valence-electron chi connectivity index (χ3n) is 7.33. The van der Waals surface area contributed by atoms with Gasteiger partial charge in [0.1, 0.15) is 17.9 Å². The molecule has 3 aliphatic rings. The van der Waals surface area contributed by atoms with Crippen LogP contribution >= 0.6 is 0 Å². The number of pyridine rings is 1. The summed E-state index contributed by atoms with van der Waals surface area (Å²) in [6.07, 6.45) is 1.63. The van der Waals surface area contributed by atoms with Crippen LogP contribution in [0.15, 0.2) is 48.5 Å². The van der Waals surface area contributed by atoms with Crippen LogP contribution in [-0.4, -0.2) is 57.7 Å². The van der Waals surface area contributed by atoms with Gasteiger partial charge in [-0.05, 0) is 67.3 Å². The smallest absolute Gasteiger partial charge is 0.255 e. The second kappa shape index (κ2) is 9.02. The Morgan fingerprint density at radius 3 is 2.81 bits per heavy atom. The van der Waals surface area contributed by atoms with Crippen molar-refractivity contribution in [1.82, 2.24) is 20.1 Å². The largest absolute Gasteiger partial charge is 0.489 e. The second-order valence-electron chi connectivity index (χ2n) is 9.96. The molecule has 1 N–H and O–H groups in total. The molecule has 0 radical (unpaired) electrons. The third kappa shape index (κ3) is 4.33. The molecule has 2 atom stereocenters. The summed E-state index contributed by atoms with van der Waals surface area (Å²) in [5, 5.41) is 3.50. The molecule has 3 amide bonds. The van der Waals surface area contributed by atoms with Crippen molar-refractivity contribution >= 4 is 28.6 Å². The van der Waals surface area contributed by atoms with Crippen molar-refractivity contribution in [3.63, 3.8) is 0 Å². The molecule has 4 heterocycles. The van der Waals surface area contributed by atoms with E-state index >= 15 is 0 Å². The lowest BCUT2D eigenvalue weighted by molar-refractivity contribution is -0.136. The summed E-state index contributed by atoms with van der Waals surface area (Å²) in [6, 6.07) is 15.5. The number of carbonyl (C=O) groups excluding carboxylic acids is 3. The molecule has 8 heteroatoms. The van der Waals surface area contributed by atoms with Gasteiger partial charge >= 0.3 is 0 Å². The molecule has 8 nitrogen and oxygen atoms in total. The maximum Gasteiger partial charge on any atom is 0.255 e. The van der Waals surface area contributed by atoms with Gasteiger partial charge in [-0.3, -0.25) is 29.6 Å². The maximum absolute atomic E-state index is 12.9. The van der Waals surface area contributed by atoms with E-state index in [9.17, 15) is 14.4 Å². The highest BCUT2D eigenvalue weighted by molar-refractivity contribution is 6.05. The van der Waals surface area contributed by atoms with Crippen molar-refractivity contribution in [3.05, 3.63) is 70.9 Å². The van der Waals surface area contributed by atoms with Gasteiger partial charge in [0.05, 0.1) is 5.52 Å². The zero-order chi connectivity index (χ0) is 24.8. The van der Waals surface area contributed by atoms with Gasteiger partial charge in [-0.25, -0.2) is 0 Å². The summed E-state index contributed by atoms with van der Waals surface area (Å²) in [6.45, 7) is 5.02. The fraction of sp³-hybridized carbons (Fsp3) is 0.357. The Balaban J connectivity index is 1.08. The van der Waals surface area contributed by atoms with Gasteiger partial charge in [0, 0.05) is 49.2 Å². The molecule has 6 rings (SSSR count). The predicted octanol–water partition coefficient (Wildman–Crippen LogP) is 2.96. The molecule has 0 aliphatic carbocycles. The fourth-order valence-electron chi connectivity index (χ4n) is 5.49. The number of amides is 3. The van der Waals surface area contributed by atoms with Crippen LogP contribution in [0, 0.1) is 6.92 Å². The number of carbonyl (C=O) groups is 3. The van der Waals surface area contributed by atoms with E-state index in [1.165, 1.54) is 5.56 Å². The van der Waals surface area contributed by atoms with Crippen molar-refractivity contribution in [1.29, 1.82) is 0 Å². The highest BCUT2D eigenvalue weighted by Gasteiger charge is 2.39. The Labute approximate surface area is 209 Å². The van der Waals surface area contributed by atoms with Gasteiger partial charge in [-0.1, -0.05) is 12.1 Å². The number of piperidine rings is 1. The van der Waals surface area contributed by atoms with Crippen LogP contribution in [-0.2, 0) is 22.7 Å². The maximum atomic E-state index is 12.9. The van der Waals surface area contributed by atoms with Crippen LogP contribution in [0.3, 0.4) is 0 Å². The minimum absolute atomic E-state index is 0.0798. The highest BCUT2D eigenvalue weighted by atomic mass is 16.5. The minimum atomic E-state index is -0.606. The van der Waals surface area contributed by atoms with E-state index in [4.69, 9.17) is 4.74 Å². The molecule has 0 saturated carbocycles. The van der Waals surface area contributed by atoms with Crippen molar-refractivity contribution in [3.8, 4) is 5.75 Å². The second-order valence-corrected chi connectivity index (χ2v) is 9.96. The minimum Gasteiger partial charge on any atom is -0.489 e. The number of hydrogen-bond donors (Lipinski definition) is 1. The zero-order valence-corrected chi connectivity index (χ0v) is 20.2. The average Bonchev–Trinajstić information content (AvgIpc) is 3.42. The number of nitrogens with zero attached hydrogens (tertiary/aromatic N) is 3. The lowest BCUT2D eigenvalue weighted by Gasteiger charge is -2.29.